The highest BCUT2D eigenvalue weighted by molar-refractivity contribution is 6.33. The normalized spacial score (nSPS) is 15.0. The molecule has 3 heterocycles. The molecule has 0 aliphatic heterocycles. The van der Waals surface area contributed by atoms with Gasteiger partial charge in [0.2, 0.25) is 0 Å². The average molecular weight is 515 g/mol. The van der Waals surface area contributed by atoms with Crippen LogP contribution in [0.15, 0.2) is 67.4 Å². The summed E-state index contributed by atoms with van der Waals surface area (Å²) in [6.07, 6.45) is 10.2. The Balaban J connectivity index is 1.31. The molecule has 8 heteroatoms. The standard InChI is InChI=1S/C29H31ClN6O/c1-20-26(34-19-35(20)2)18-36(27-7-3-5-23-6-4-13-32-28(23)27)17-22-10-8-21(9-11-22)15-33-29(37)24-12-14-31-16-25(24)30/h4,6,8-14,16,19,27H,3,5,7,15,17-18H2,1-2H3,(H,33,37). The van der Waals surface area contributed by atoms with Crippen molar-refractivity contribution in [3.63, 3.8) is 0 Å². The van der Waals surface area contributed by atoms with Crippen LogP contribution in [0.4, 0.5) is 0 Å². The van der Waals surface area contributed by atoms with Gasteiger partial charge in [-0.05, 0) is 55.0 Å². The molecule has 0 spiro atoms. The number of carbonyl (C=O) groups is 1. The van der Waals surface area contributed by atoms with E-state index in [1.54, 1.807) is 12.3 Å². The first-order valence-corrected chi connectivity index (χ1v) is 13.0. The van der Waals surface area contributed by atoms with Crippen molar-refractivity contribution in [1.29, 1.82) is 0 Å². The molecule has 0 saturated carbocycles. The third kappa shape index (κ3) is 5.73. The Morgan fingerprint density at radius 2 is 1.92 bits per heavy atom. The van der Waals surface area contributed by atoms with Gasteiger partial charge in [-0.3, -0.25) is 19.7 Å². The number of hydrogen-bond acceptors (Lipinski definition) is 5. The van der Waals surface area contributed by atoms with Gasteiger partial charge in [0.05, 0.1) is 34.3 Å². The van der Waals surface area contributed by atoms with E-state index in [1.807, 2.05) is 25.6 Å². The van der Waals surface area contributed by atoms with Gasteiger partial charge in [0.25, 0.3) is 5.91 Å². The zero-order valence-electron chi connectivity index (χ0n) is 21.2. The smallest absolute Gasteiger partial charge is 0.253 e. The molecular formula is C29H31ClN6O. The number of carbonyl (C=O) groups excluding carboxylic acids is 1. The number of nitrogens with one attached hydrogen (secondary N) is 1. The number of nitrogens with zero attached hydrogens (tertiary/aromatic N) is 5. The Kier molecular flexibility index (Phi) is 7.63. The maximum absolute atomic E-state index is 12.5. The summed E-state index contributed by atoms with van der Waals surface area (Å²) >= 11 is 6.10. The van der Waals surface area contributed by atoms with E-state index in [1.165, 1.54) is 28.7 Å². The number of aryl methyl sites for hydroxylation is 2. The zero-order chi connectivity index (χ0) is 25.8. The highest BCUT2D eigenvalue weighted by Crippen LogP contribution is 2.35. The second-order valence-electron chi connectivity index (χ2n) is 9.60. The van der Waals surface area contributed by atoms with Gasteiger partial charge in [0.1, 0.15) is 0 Å². The molecule has 0 radical (unpaired) electrons. The van der Waals surface area contributed by atoms with Gasteiger partial charge in [-0.1, -0.05) is 41.9 Å². The molecule has 37 heavy (non-hydrogen) atoms. The molecule has 1 aliphatic rings. The van der Waals surface area contributed by atoms with E-state index >= 15 is 0 Å². The largest absolute Gasteiger partial charge is 0.348 e. The van der Waals surface area contributed by atoms with Gasteiger partial charge in [-0.2, -0.15) is 0 Å². The van der Waals surface area contributed by atoms with E-state index in [9.17, 15) is 4.79 Å². The quantitative estimate of drug-likeness (QED) is 0.350. The second kappa shape index (κ2) is 11.2. The van der Waals surface area contributed by atoms with Crippen molar-refractivity contribution >= 4 is 17.5 Å². The lowest BCUT2D eigenvalue weighted by molar-refractivity contribution is 0.0951. The van der Waals surface area contributed by atoms with Crippen LogP contribution in [0.3, 0.4) is 0 Å². The third-order valence-electron chi connectivity index (χ3n) is 7.17. The Morgan fingerprint density at radius 1 is 1.11 bits per heavy atom. The van der Waals surface area contributed by atoms with E-state index < -0.39 is 0 Å². The summed E-state index contributed by atoms with van der Waals surface area (Å²) in [5, 5.41) is 3.28. The van der Waals surface area contributed by atoms with Crippen LogP contribution >= 0.6 is 11.6 Å². The molecule has 4 aromatic rings. The molecule has 0 saturated heterocycles. The fourth-order valence-corrected chi connectivity index (χ4v) is 5.14. The molecule has 5 rings (SSSR count). The van der Waals surface area contributed by atoms with Crippen LogP contribution in [-0.4, -0.2) is 30.3 Å². The number of pyridine rings is 2. The average Bonchev–Trinajstić information content (AvgIpc) is 3.24. The number of fused-ring (bicyclic) bond motifs is 1. The van der Waals surface area contributed by atoms with E-state index in [0.717, 1.165) is 43.6 Å². The Morgan fingerprint density at radius 3 is 2.68 bits per heavy atom. The second-order valence-corrected chi connectivity index (χ2v) is 10.0. The maximum atomic E-state index is 12.5. The van der Waals surface area contributed by atoms with Crippen LogP contribution in [0.2, 0.25) is 5.02 Å². The predicted molar refractivity (Wildman–Crippen MR) is 144 cm³/mol. The minimum atomic E-state index is -0.211. The molecular weight excluding hydrogens is 484 g/mol. The highest BCUT2D eigenvalue weighted by atomic mass is 35.5. The molecule has 1 aromatic carbocycles. The highest BCUT2D eigenvalue weighted by Gasteiger charge is 2.28. The zero-order valence-corrected chi connectivity index (χ0v) is 21.9. The first-order valence-electron chi connectivity index (χ1n) is 12.6. The van der Waals surface area contributed by atoms with E-state index in [0.29, 0.717) is 17.1 Å². The number of rotatable bonds is 8. The lowest BCUT2D eigenvalue weighted by atomic mass is 9.90. The van der Waals surface area contributed by atoms with Crippen LogP contribution in [0.25, 0.3) is 0 Å². The van der Waals surface area contributed by atoms with Gasteiger partial charge >= 0.3 is 0 Å². The number of benzene rings is 1. The topological polar surface area (TPSA) is 75.9 Å². The van der Waals surface area contributed by atoms with E-state index in [-0.39, 0.29) is 11.9 Å². The van der Waals surface area contributed by atoms with Gasteiger partial charge in [0.15, 0.2) is 0 Å². The maximum Gasteiger partial charge on any atom is 0.253 e. The minimum absolute atomic E-state index is 0.211. The molecule has 1 atom stereocenters. The summed E-state index contributed by atoms with van der Waals surface area (Å²) in [5.41, 5.74) is 7.48. The van der Waals surface area contributed by atoms with Crippen molar-refractivity contribution in [3.8, 4) is 0 Å². The van der Waals surface area contributed by atoms with Crippen LogP contribution in [-0.2, 0) is 33.1 Å². The summed E-state index contributed by atoms with van der Waals surface area (Å²) in [6, 6.07) is 14.5. The monoisotopic (exact) mass is 514 g/mol. The molecule has 1 aliphatic carbocycles. The molecule has 3 aromatic heterocycles. The van der Waals surface area contributed by atoms with Crippen LogP contribution in [0.1, 0.15) is 63.0 Å². The third-order valence-corrected chi connectivity index (χ3v) is 7.47. The lowest BCUT2D eigenvalue weighted by Gasteiger charge is -2.35. The van der Waals surface area contributed by atoms with Crippen LogP contribution in [0, 0.1) is 6.92 Å². The van der Waals surface area contributed by atoms with Gasteiger partial charge in [-0.15, -0.1) is 0 Å². The van der Waals surface area contributed by atoms with Crippen LogP contribution in [0.5, 0.6) is 0 Å². The van der Waals surface area contributed by atoms with Crippen molar-refractivity contribution in [1.82, 2.24) is 29.7 Å². The number of hydrogen-bond donors (Lipinski definition) is 1. The fourth-order valence-electron chi connectivity index (χ4n) is 4.94. The number of imidazole rings is 1. The summed E-state index contributed by atoms with van der Waals surface area (Å²) in [6.45, 7) is 4.10. The van der Waals surface area contributed by atoms with Gasteiger partial charge in [-0.25, -0.2) is 4.98 Å². The minimum Gasteiger partial charge on any atom is -0.348 e. The molecule has 190 valence electrons. The van der Waals surface area contributed by atoms with Crippen molar-refractivity contribution in [2.75, 3.05) is 0 Å². The molecule has 0 fully saturated rings. The van der Waals surface area contributed by atoms with Crippen molar-refractivity contribution < 1.29 is 4.79 Å². The summed E-state index contributed by atoms with van der Waals surface area (Å²) in [4.78, 5) is 28.4. The summed E-state index contributed by atoms with van der Waals surface area (Å²) < 4.78 is 2.07. The summed E-state index contributed by atoms with van der Waals surface area (Å²) in [5.74, 6) is -0.211. The first kappa shape index (κ1) is 25.1. The Bertz CT molecular complexity index is 1380. The molecule has 1 unspecified atom stereocenters. The SMILES string of the molecule is Cc1c(CN(Cc2ccc(CNC(=O)c3ccncc3Cl)cc2)C2CCCc3cccnc32)ncn1C. The number of aromatic nitrogens is 4. The van der Waals surface area contributed by atoms with Gasteiger partial charge in [0, 0.05) is 51.0 Å². The van der Waals surface area contributed by atoms with Crippen LogP contribution < -0.4 is 5.32 Å². The Hall–Kier alpha value is -3.55. The molecule has 0 bridgehead atoms. The first-order chi connectivity index (χ1) is 18.0. The van der Waals surface area contributed by atoms with E-state index in [2.05, 4.69) is 62.0 Å². The predicted octanol–water partition coefficient (Wildman–Crippen LogP) is 5.18. The van der Waals surface area contributed by atoms with Crippen molar-refractivity contribution in [2.24, 2.45) is 7.05 Å². The number of halogens is 1. The fraction of sp³-hybridized carbons (Fsp3) is 0.310. The van der Waals surface area contributed by atoms with Crippen molar-refractivity contribution in [2.45, 2.75) is 51.9 Å². The molecule has 1 N–H and O–H groups in total. The summed E-state index contributed by atoms with van der Waals surface area (Å²) in [7, 11) is 2.04. The Labute approximate surface area is 222 Å². The van der Waals surface area contributed by atoms with E-state index in [4.69, 9.17) is 16.6 Å². The molecule has 1 amide bonds. The molecule has 7 nitrogen and oxygen atoms in total. The lowest BCUT2D eigenvalue weighted by Crippen LogP contribution is -2.32. The van der Waals surface area contributed by atoms with Crippen molar-refractivity contribution in [3.05, 3.63) is 112 Å². The van der Waals surface area contributed by atoms with Gasteiger partial charge < -0.3 is 9.88 Å². The number of amides is 1.